The molecule has 0 aliphatic carbocycles. The Kier molecular flexibility index (Phi) is 5.26. The quantitative estimate of drug-likeness (QED) is 0.909. The number of halogens is 3. The van der Waals surface area contributed by atoms with E-state index in [4.69, 9.17) is 5.73 Å². The Morgan fingerprint density at radius 1 is 1.21 bits per heavy atom. The molecular formula is C13H17ClF2N2O. The Bertz CT molecular complexity index is 427. The average molecular weight is 291 g/mol. The molecule has 1 heterocycles. The van der Waals surface area contributed by atoms with Gasteiger partial charge < -0.3 is 10.6 Å². The SMILES string of the molecule is Cl.NCc1ccc(C(=O)N2CCC(F)(F)CC2)cc1. The smallest absolute Gasteiger partial charge is 0.253 e. The van der Waals surface area contributed by atoms with E-state index in [0.717, 1.165) is 5.56 Å². The van der Waals surface area contributed by atoms with E-state index < -0.39 is 5.92 Å². The van der Waals surface area contributed by atoms with E-state index in [-0.39, 0.29) is 44.2 Å². The first-order valence-electron chi connectivity index (χ1n) is 5.98. The fourth-order valence-corrected chi connectivity index (χ4v) is 2.00. The molecule has 0 spiro atoms. The fourth-order valence-electron chi connectivity index (χ4n) is 2.00. The number of nitrogens with zero attached hydrogens (tertiary/aromatic N) is 1. The highest BCUT2D eigenvalue weighted by Gasteiger charge is 2.35. The van der Waals surface area contributed by atoms with Gasteiger partial charge in [0.15, 0.2) is 0 Å². The Hall–Kier alpha value is -1.20. The van der Waals surface area contributed by atoms with Crippen molar-refractivity contribution in [2.24, 2.45) is 5.73 Å². The predicted octanol–water partition coefficient (Wildman–Crippen LogP) is 2.44. The van der Waals surface area contributed by atoms with E-state index in [0.29, 0.717) is 12.1 Å². The summed E-state index contributed by atoms with van der Waals surface area (Å²) in [7, 11) is 0. The first-order chi connectivity index (χ1) is 8.52. The van der Waals surface area contributed by atoms with Crippen LogP contribution in [0, 0.1) is 0 Å². The number of piperidine rings is 1. The zero-order chi connectivity index (χ0) is 13.2. The largest absolute Gasteiger partial charge is 0.338 e. The van der Waals surface area contributed by atoms with Gasteiger partial charge >= 0.3 is 0 Å². The van der Waals surface area contributed by atoms with Gasteiger partial charge in [0.05, 0.1) is 0 Å². The molecule has 106 valence electrons. The van der Waals surface area contributed by atoms with Crippen LogP contribution in [0.5, 0.6) is 0 Å². The zero-order valence-corrected chi connectivity index (χ0v) is 11.3. The number of alkyl halides is 2. The topological polar surface area (TPSA) is 46.3 Å². The van der Waals surface area contributed by atoms with Crippen LogP contribution in [-0.4, -0.2) is 29.8 Å². The highest BCUT2D eigenvalue weighted by Crippen LogP contribution is 2.28. The lowest BCUT2D eigenvalue weighted by Gasteiger charge is -2.31. The molecule has 1 aromatic carbocycles. The third kappa shape index (κ3) is 3.88. The summed E-state index contributed by atoms with van der Waals surface area (Å²) in [5.74, 6) is -2.81. The minimum Gasteiger partial charge on any atom is -0.338 e. The first kappa shape index (κ1) is 15.9. The van der Waals surface area contributed by atoms with Gasteiger partial charge in [-0.3, -0.25) is 4.79 Å². The van der Waals surface area contributed by atoms with Crippen molar-refractivity contribution in [3.8, 4) is 0 Å². The van der Waals surface area contributed by atoms with Crippen molar-refractivity contribution in [1.82, 2.24) is 4.90 Å². The Morgan fingerprint density at radius 3 is 2.21 bits per heavy atom. The van der Waals surface area contributed by atoms with Crippen molar-refractivity contribution in [3.05, 3.63) is 35.4 Å². The Balaban J connectivity index is 0.00000180. The molecule has 0 unspecified atom stereocenters. The van der Waals surface area contributed by atoms with Crippen LogP contribution < -0.4 is 5.73 Å². The van der Waals surface area contributed by atoms with Gasteiger partial charge in [-0.15, -0.1) is 12.4 Å². The summed E-state index contributed by atoms with van der Waals surface area (Å²) >= 11 is 0. The summed E-state index contributed by atoms with van der Waals surface area (Å²) in [4.78, 5) is 13.5. The standard InChI is InChI=1S/C13H16F2N2O.ClH/c14-13(15)5-7-17(8-6-13)12(18)11-3-1-10(9-16)2-4-11;/h1-4H,5-9,16H2;1H. The Morgan fingerprint density at radius 2 is 1.74 bits per heavy atom. The van der Waals surface area contributed by atoms with Crippen molar-refractivity contribution < 1.29 is 13.6 Å². The van der Waals surface area contributed by atoms with E-state index in [1.54, 1.807) is 24.3 Å². The number of likely N-dealkylation sites (tertiary alicyclic amines) is 1. The fraction of sp³-hybridized carbons (Fsp3) is 0.462. The molecule has 2 rings (SSSR count). The van der Waals surface area contributed by atoms with E-state index in [9.17, 15) is 13.6 Å². The average Bonchev–Trinajstić information content (AvgIpc) is 2.38. The molecule has 0 saturated carbocycles. The molecule has 0 aromatic heterocycles. The summed E-state index contributed by atoms with van der Waals surface area (Å²) in [6, 6.07) is 6.95. The van der Waals surface area contributed by atoms with Crippen LogP contribution in [0.4, 0.5) is 8.78 Å². The third-order valence-corrected chi connectivity index (χ3v) is 3.22. The maximum absolute atomic E-state index is 13.0. The van der Waals surface area contributed by atoms with Crippen LogP contribution in [0.2, 0.25) is 0 Å². The van der Waals surface area contributed by atoms with Crippen molar-refractivity contribution in [2.45, 2.75) is 25.3 Å². The molecule has 1 fully saturated rings. The van der Waals surface area contributed by atoms with Crippen LogP contribution in [-0.2, 0) is 6.54 Å². The van der Waals surface area contributed by atoms with Gasteiger partial charge in [-0.05, 0) is 17.7 Å². The molecule has 1 saturated heterocycles. The van der Waals surface area contributed by atoms with E-state index in [2.05, 4.69) is 0 Å². The summed E-state index contributed by atoms with van der Waals surface area (Å²) < 4.78 is 26.0. The van der Waals surface area contributed by atoms with Crippen LogP contribution in [0.15, 0.2) is 24.3 Å². The molecule has 1 aromatic rings. The van der Waals surface area contributed by atoms with Crippen molar-refractivity contribution >= 4 is 18.3 Å². The predicted molar refractivity (Wildman–Crippen MR) is 71.7 cm³/mol. The van der Waals surface area contributed by atoms with Gasteiger partial charge in [0.25, 0.3) is 11.8 Å². The monoisotopic (exact) mass is 290 g/mol. The lowest BCUT2D eigenvalue weighted by atomic mass is 10.0. The van der Waals surface area contributed by atoms with E-state index in [1.165, 1.54) is 4.90 Å². The van der Waals surface area contributed by atoms with E-state index >= 15 is 0 Å². The number of hydrogen-bond donors (Lipinski definition) is 1. The van der Waals surface area contributed by atoms with Gasteiger partial charge in [0.1, 0.15) is 0 Å². The summed E-state index contributed by atoms with van der Waals surface area (Å²) in [6.07, 6.45) is -0.501. The number of carbonyl (C=O) groups is 1. The summed E-state index contributed by atoms with van der Waals surface area (Å²) in [6.45, 7) is 0.652. The normalized spacial score (nSPS) is 17.7. The lowest BCUT2D eigenvalue weighted by Crippen LogP contribution is -2.42. The molecule has 0 atom stereocenters. The highest BCUT2D eigenvalue weighted by atomic mass is 35.5. The number of benzene rings is 1. The first-order valence-corrected chi connectivity index (χ1v) is 5.98. The summed E-state index contributed by atoms with van der Waals surface area (Å²) in [5.41, 5.74) is 6.94. The molecular weight excluding hydrogens is 274 g/mol. The number of hydrogen-bond acceptors (Lipinski definition) is 2. The zero-order valence-electron chi connectivity index (χ0n) is 10.4. The van der Waals surface area contributed by atoms with Gasteiger partial charge in [-0.2, -0.15) is 0 Å². The third-order valence-electron chi connectivity index (χ3n) is 3.22. The minimum atomic E-state index is -2.62. The van der Waals surface area contributed by atoms with Gasteiger partial charge in [0.2, 0.25) is 0 Å². The highest BCUT2D eigenvalue weighted by molar-refractivity contribution is 5.94. The van der Waals surface area contributed by atoms with Crippen molar-refractivity contribution in [2.75, 3.05) is 13.1 Å². The number of amides is 1. The molecule has 1 amide bonds. The van der Waals surface area contributed by atoms with Gasteiger partial charge in [0, 0.05) is 38.0 Å². The molecule has 19 heavy (non-hydrogen) atoms. The molecule has 3 nitrogen and oxygen atoms in total. The molecule has 6 heteroatoms. The van der Waals surface area contributed by atoms with Crippen molar-refractivity contribution in [3.63, 3.8) is 0 Å². The maximum Gasteiger partial charge on any atom is 0.253 e. The molecule has 1 aliphatic heterocycles. The number of nitrogens with two attached hydrogens (primary N) is 1. The van der Waals surface area contributed by atoms with Crippen LogP contribution >= 0.6 is 12.4 Å². The van der Waals surface area contributed by atoms with Gasteiger partial charge in [-0.25, -0.2) is 8.78 Å². The van der Waals surface area contributed by atoms with Crippen LogP contribution in [0.25, 0.3) is 0 Å². The van der Waals surface area contributed by atoms with Crippen LogP contribution in [0.3, 0.4) is 0 Å². The van der Waals surface area contributed by atoms with E-state index in [1.807, 2.05) is 0 Å². The maximum atomic E-state index is 13.0. The molecule has 2 N–H and O–H groups in total. The summed E-state index contributed by atoms with van der Waals surface area (Å²) in [5, 5.41) is 0. The molecule has 0 bridgehead atoms. The molecule has 0 radical (unpaired) electrons. The van der Waals surface area contributed by atoms with Gasteiger partial charge in [-0.1, -0.05) is 12.1 Å². The second kappa shape index (κ2) is 6.30. The minimum absolute atomic E-state index is 0. The lowest BCUT2D eigenvalue weighted by molar-refractivity contribution is -0.0494. The Labute approximate surface area is 117 Å². The second-order valence-electron chi connectivity index (χ2n) is 4.55. The molecule has 1 aliphatic rings. The van der Waals surface area contributed by atoms with Crippen molar-refractivity contribution in [1.29, 1.82) is 0 Å². The number of rotatable bonds is 2. The van der Waals surface area contributed by atoms with Crippen LogP contribution in [0.1, 0.15) is 28.8 Å². The number of carbonyl (C=O) groups excluding carboxylic acids is 1. The second-order valence-corrected chi connectivity index (χ2v) is 4.55.